The molecule has 0 aliphatic carbocycles. The first-order chi connectivity index (χ1) is 11.7. The molecule has 5 atom stereocenters. The number of halogens is 1. The van der Waals surface area contributed by atoms with Crippen LogP contribution in [0.5, 0.6) is 5.75 Å². The summed E-state index contributed by atoms with van der Waals surface area (Å²) in [5, 5.41) is 12.1. The first kappa shape index (κ1) is 20.6. The summed E-state index contributed by atoms with van der Waals surface area (Å²) in [4.78, 5) is 6.86. The molecule has 4 heterocycles. The van der Waals surface area contributed by atoms with E-state index >= 15 is 0 Å². The molecule has 4 unspecified atom stereocenters. The number of pyridine rings is 1. The van der Waals surface area contributed by atoms with Crippen LogP contribution in [0.25, 0.3) is 10.9 Å². The van der Waals surface area contributed by atoms with Crippen molar-refractivity contribution in [1.82, 2.24) is 9.88 Å². The molecule has 3 aliphatic heterocycles. The fraction of sp³-hybridized carbons (Fsp3) is 0.450. The van der Waals surface area contributed by atoms with E-state index in [1.165, 1.54) is 6.42 Å². The van der Waals surface area contributed by atoms with Crippen LogP contribution in [0.1, 0.15) is 24.5 Å². The summed E-state index contributed by atoms with van der Waals surface area (Å²) in [6.45, 7) is 6.07. The van der Waals surface area contributed by atoms with Gasteiger partial charge in [-0.1, -0.05) is 6.08 Å². The van der Waals surface area contributed by atoms with E-state index in [0.717, 1.165) is 41.7 Å². The van der Waals surface area contributed by atoms with Gasteiger partial charge >= 0.3 is 0 Å². The highest BCUT2D eigenvalue weighted by Gasteiger charge is 2.42. The molecule has 3 fully saturated rings. The van der Waals surface area contributed by atoms with Crippen LogP contribution < -0.4 is 4.74 Å². The van der Waals surface area contributed by atoms with Gasteiger partial charge in [0.25, 0.3) is 0 Å². The number of methoxy groups -OCH3 is 1. The summed E-state index contributed by atoms with van der Waals surface area (Å²) in [6, 6.07) is 7.96. The Hall–Kier alpha value is -1.66. The van der Waals surface area contributed by atoms with Gasteiger partial charge in [0.2, 0.25) is 0 Å². The largest absolute Gasteiger partial charge is 0.497 e. The van der Waals surface area contributed by atoms with Gasteiger partial charge < -0.3 is 15.3 Å². The number of fused-ring (bicyclic) bond motifs is 4. The topological polar surface area (TPSA) is 77.1 Å². The minimum absolute atomic E-state index is 0. The number of hydrogen-bond donors (Lipinski definition) is 1. The lowest BCUT2D eigenvalue weighted by Gasteiger charge is -2.50. The highest BCUT2D eigenvalue weighted by Crippen LogP contribution is 2.42. The molecule has 2 bridgehead atoms. The summed E-state index contributed by atoms with van der Waals surface area (Å²) in [5.74, 6) is 2.01. The number of benzene rings is 1. The van der Waals surface area contributed by atoms with Crippen molar-refractivity contribution in [2.75, 3.05) is 20.2 Å². The first-order valence-electron chi connectivity index (χ1n) is 8.68. The molecule has 142 valence electrons. The molecule has 2 aromatic rings. The van der Waals surface area contributed by atoms with Gasteiger partial charge in [0.05, 0.1) is 18.7 Å². The van der Waals surface area contributed by atoms with Gasteiger partial charge in [0.15, 0.2) is 0 Å². The third-order valence-corrected chi connectivity index (χ3v) is 5.82. The standard InChI is InChI=1S/C20H24N2O2.ClH.H2O/c1-3-13-12-22-9-7-14(13)10-19(22)20(23)16-6-8-21-18-5-4-15(24-2)11-17(16)18;;/h3-6,8,11,13-14,19-20,23H,1,7,9-10,12H2,2H3;1H;1H2/t13?,14?,19?,20-;;/m1../s1. The Morgan fingerprint density at radius 2 is 2.19 bits per heavy atom. The Kier molecular flexibility index (Phi) is 6.64. The van der Waals surface area contributed by atoms with E-state index in [-0.39, 0.29) is 23.9 Å². The third kappa shape index (κ3) is 3.45. The molecule has 0 spiro atoms. The molecule has 5 rings (SSSR count). The number of aliphatic hydroxyl groups excluding tert-OH is 1. The average molecular weight is 379 g/mol. The van der Waals surface area contributed by atoms with Crippen molar-refractivity contribution < 1.29 is 15.3 Å². The SMILES string of the molecule is C=CC1CN2CCC1CC2[C@H](O)c1ccnc2ccc(OC)cc12.Cl.O. The summed E-state index contributed by atoms with van der Waals surface area (Å²) in [6.07, 6.45) is 5.62. The maximum atomic E-state index is 11.2. The van der Waals surface area contributed by atoms with Crippen molar-refractivity contribution in [3.63, 3.8) is 0 Å². The first-order valence-corrected chi connectivity index (χ1v) is 8.68. The number of piperidine rings is 3. The second kappa shape index (κ2) is 8.35. The Morgan fingerprint density at radius 1 is 1.38 bits per heavy atom. The fourth-order valence-corrected chi connectivity index (χ4v) is 4.44. The van der Waals surface area contributed by atoms with Crippen molar-refractivity contribution >= 4 is 23.3 Å². The van der Waals surface area contributed by atoms with Gasteiger partial charge in [-0.15, -0.1) is 19.0 Å². The molecule has 6 heteroatoms. The summed E-state index contributed by atoms with van der Waals surface area (Å²) in [5.41, 5.74) is 1.85. The van der Waals surface area contributed by atoms with Gasteiger partial charge in [-0.2, -0.15) is 0 Å². The second-order valence-corrected chi connectivity index (χ2v) is 6.97. The number of aliphatic hydroxyl groups is 1. The van der Waals surface area contributed by atoms with Crippen molar-refractivity contribution in [3.05, 3.63) is 48.7 Å². The Morgan fingerprint density at radius 3 is 2.85 bits per heavy atom. The maximum absolute atomic E-state index is 11.2. The molecule has 3 N–H and O–H groups in total. The van der Waals surface area contributed by atoms with Crippen LogP contribution in [0, 0.1) is 11.8 Å². The number of aromatic nitrogens is 1. The van der Waals surface area contributed by atoms with E-state index in [0.29, 0.717) is 11.8 Å². The van der Waals surface area contributed by atoms with Crippen LogP contribution in [-0.2, 0) is 0 Å². The average Bonchev–Trinajstić information content (AvgIpc) is 2.66. The van der Waals surface area contributed by atoms with Crippen molar-refractivity contribution in [2.45, 2.75) is 25.0 Å². The molecule has 1 aromatic carbocycles. The molecule has 1 aromatic heterocycles. The van der Waals surface area contributed by atoms with Gasteiger partial charge in [0.1, 0.15) is 5.75 Å². The second-order valence-electron chi connectivity index (χ2n) is 6.97. The Bertz CT molecular complexity index is 770. The smallest absolute Gasteiger partial charge is 0.119 e. The van der Waals surface area contributed by atoms with E-state index in [1.807, 2.05) is 24.3 Å². The molecule has 0 saturated carbocycles. The van der Waals surface area contributed by atoms with Crippen molar-refractivity contribution in [1.29, 1.82) is 0 Å². The van der Waals surface area contributed by atoms with Crippen molar-refractivity contribution in [2.24, 2.45) is 11.8 Å². The Labute approximate surface area is 160 Å². The minimum Gasteiger partial charge on any atom is -0.497 e. The molecule has 0 radical (unpaired) electrons. The van der Waals surface area contributed by atoms with E-state index < -0.39 is 6.10 Å². The maximum Gasteiger partial charge on any atom is 0.119 e. The number of nitrogens with zero attached hydrogens (tertiary/aromatic N) is 2. The number of rotatable bonds is 4. The summed E-state index contributed by atoms with van der Waals surface area (Å²) < 4.78 is 5.35. The zero-order chi connectivity index (χ0) is 16.7. The number of ether oxygens (including phenoxy) is 1. The monoisotopic (exact) mass is 378 g/mol. The van der Waals surface area contributed by atoms with Crippen LogP contribution >= 0.6 is 12.4 Å². The van der Waals surface area contributed by atoms with Gasteiger partial charge in [0, 0.05) is 24.2 Å². The van der Waals surface area contributed by atoms with Gasteiger partial charge in [-0.3, -0.25) is 9.88 Å². The van der Waals surface area contributed by atoms with E-state index in [9.17, 15) is 5.11 Å². The minimum atomic E-state index is -0.504. The van der Waals surface area contributed by atoms with E-state index in [4.69, 9.17) is 4.74 Å². The van der Waals surface area contributed by atoms with Crippen molar-refractivity contribution in [3.8, 4) is 5.75 Å². The summed E-state index contributed by atoms with van der Waals surface area (Å²) >= 11 is 0. The van der Waals surface area contributed by atoms with Gasteiger partial charge in [-0.05, 0) is 61.1 Å². The molecule has 3 aliphatic rings. The molecular formula is C20H27ClN2O3. The fourth-order valence-electron chi connectivity index (χ4n) is 4.44. The zero-order valence-corrected chi connectivity index (χ0v) is 15.8. The lowest BCUT2D eigenvalue weighted by Crippen LogP contribution is -2.54. The molecule has 0 amide bonds. The zero-order valence-electron chi connectivity index (χ0n) is 15.0. The summed E-state index contributed by atoms with van der Waals surface area (Å²) in [7, 11) is 1.66. The lowest BCUT2D eigenvalue weighted by molar-refractivity contribution is -0.0444. The molecule has 3 saturated heterocycles. The Balaban J connectivity index is 0.00000121. The molecule has 5 nitrogen and oxygen atoms in total. The van der Waals surface area contributed by atoms with Crippen LogP contribution in [-0.4, -0.2) is 46.7 Å². The number of hydrogen-bond acceptors (Lipinski definition) is 4. The van der Waals surface area contributed by atoms with Gasteiger partial charge in [-0.25, -0.2) is 0 Å². The third-order valence-electron chi connectivity index (χ3n) is 5.82. The predicted octanol–water partition coefficient (Wildman–Crippen LogP) is 2.77. The molecule has 26 heavy (non-hydrogen) atoms. The quantitative estimate of drug-likeness (QED) is 0.830. The lowest BCUT2D eigenvalue weighted by atomic mass is 9.73. The predicted molar refractivity (Wildman–Crippen MR) is 106 cm³/mol. The van der Waals surface area contributed by atoms with Crippen LogP contribution in [0.2, 0.25) is 0 Å². The van der Waals surface area contributed by atoms with Crippen LogP contribution in [0.15, 0.2) is 43.1 Å². The highest BCUT2D eigenvalue weighted by atomic mass is 35.5. The van der Waals surface area contributed by atoms with E-state index in [2.05, 4.69) is 22.5 Å². The van der Waals surface area contributed by atoms with Crippen LogP contribution in [0.3, 0.4) is 0 Å². The molecular weight excluding hydrogens is 352 g/mol. The van der Waals surface area contributed by atoms with Crippen LogP contribution in [0.4, 0.5) is 0 Å². The normalized spacial score (nSPS) is 27.9. The van der Waals surface area contributed by atoms with E-state index in [1.54, 1.807) is 13.3 Å². The highest BCUT2D eigenvalue weighted by molar-refractivity contribution is 5.85.